The first-order chi connectivity index (χ1) is 16.1. The molecule has 34 heavy (non-hydrogen) atoms. The van der Waals surface area contributed by atoms with Gasteiger partial charge in [-0.2, -0.15) is 0 Å². The minimum Gasteiger partial charge on any atom is -0.496 e. The molecule has 2 saturated heterocycles. The molecule has 2 aromatic carbocycles. The maximum Gasteiger partial charge on any atom is 0.239 e. The third-order valence-corrected chi connectivity index (χ3v) is 7.14. The second-order valence-corrected chi connectivity index (χ2v) is 9.20. The van der Waals surface area contributed by atoms with Crippen LogP contribution in [0.1, 0.15) is 18.1 Å². The summed E-state index contributed by atoms with van der Waals surface area (Å²) >= 11 is 0. The molecule has 7 heteroatoms. The summed E-state index contributed by atoms with van der Waals surface area (Å²) in [5.41, 5.74) is 2.60. The fourth-order valence-electron chi connectivity index (χ4n) is 4.93. The van der Waals surface area contributed by atoms with E-state index in [1.807, 2.05) is 12.1 Å². The first kappa shape index (κ1) is 26.5. The van der Waals surface area contributed by atoms with E-state index in [9.17, 15) is 4.79 Å². The van der Waals surface area contributed by atoms with E-state index in [1.54, 1.807) is 7.11 Å². The molecule has 0 spiro atoms. The van der Waals surface area contributed by atoms with Crippen LogP contribution >= 0.6 is 12.4 Å². The number of hydrogen-bond donors (Lipinski definition) is 0. The Morgan fingerprint density at radius 2 is 1.47 bits per heavy atom. The van der Waals surface area contributed by atoms with Gasteiger partial charge >= 0.3 is 0 Å². The van der Waals surface area contributed by atoms with Gasteiger partial charge in [-0.25, -0.2) is 0 Å². The molecule has 2 fully saturated rings. The lowest BCUT2D eigenvalue weighted by Crippen LogP contribution is -2.57. The van der Waals surface area contributed by atoms with E-state index in [1.165, 1.54) is 11.1 Å². The van der Waals surface area contributed by atoms with Gasteiger partial charge in [0.2, 0.25) is 5.91 Å². The van der Waals surface area contributed by atoms with Gasteiger partial charge in [0.15, 0.2) is 0 Å². The van der Waals surface area contributed by atoms with E-state index in [-0.39, 0.29) is 24.4 Å². The molecule has 0 N–H and O–H groups in total. The van der Waals surface area contributed by atoms with Crippen molar-refractivity contribution in [2.45, 2.75) is 25.9 Å². The Bertz CT molecular complexity index is 881. The van der Waals surface area contributed by atoms with Crippen molar-refractivity contribution in [2.75, 3.05) is 66.0 Å². The summed E-state index contributed by atoms with van der Waals surface area (Å²) in [5, 5.41) is 0. The highest BCUT2D eigenvalue weighted by Gasteiger charge is 2.30. The van der Waals surface area contributed by atoms with Crippen LogP contribution in [-0.4, -0.2) is 97.6 Å². The zero-order valence-electron chi connectivity index (χ0n) is 20.6. The van der Waals surface area contributed by atoms with E-state index >= 15 is 0 Å². The normalized spacial score (nSPS) is 18.8. The van der Waals surface area contributed by atoms with Gasteiger partial charge in [0.1, 0.15) is 5.75 Å². The summed E-state index contributed by atoms with van der Waals surface area (Å²) in [5.74, 6) is 1.22. The van der Waals surface area contributed by atoms with Crippen molar-refractivity contribution in [1.82, 2.24) is 19.6 Å². The Balaban J connectivity index is 0.00000324. The van der Waals surface area contributed by atoms with Gasteiger partial charge in [-0.3, -0.25) is 14.6 Å². The fraction of sp³-hybridized carbons (Fsp3) is 0.519. The molecule has 6 nitrogen and oxygen atoms in total. The van der Waals surface area contributed by atoms with E-state index in [0.717, 1.165) is 77.6 Å². The number of methoxy groups -OCH3 is 1. The Labute approximate surface area is 210 Å². The molecule has 1 unspecified atom stereocenters. The highest BCUT2D eigenvalue weighted by molar-refractivity contribution is 5.85. The van der Waals surface area contributed by atoms with Crippen LogP contribution in [-0.2, 0) is 17.8 Å². The quantitative estimate of drug-likeness (QED) is 0.573. The number of halogens is 1. The molecular formula is C27H39ClN4O2. The van der Waals surface area contributed by atoms with Crippen LogP contribution in [0.25, 0.3) is 0 Å². The van der Waals surface area contributed by atoms with Gasteiger partial charge in [0, 0.05) is 71.0 Å². The second-order valence-electron chi connectivity index (χ2n) is 9.20. The lowest BCUT2D eigenvalue weighted by atomic mass is 10.1. The Morgan fingerprint density at radius 1 is 0.853 bits per heavy atom. The predicted octanol–water partition coefficient (Wildman–Crippen LogP) is 3.01. The highest BCUT2D eigenvalue weighted by Crippen LogP contribution is 2.20. The van der Waals surface area contributed by atoms with Gasteiger partial charge < -0.3 is 14.5 Å². The minimum atomic E-state index is -0.0398. The summed E-state index contributed by atoms with van der Waals surface area (Å²) in [7, 11) is 1.72. The summed E-state index contributed by atoms with van der Waals surface area (Å²) in [6, 6.07) is 18.8. The van der Waals surface area contributed by atoms with Crippen LogP contribution in [0.4, 0.5) is 0 Å². The van der Waals surface area contributed by atoms with E-state index in [4.69, 9.17) is 4.74 Å². The maximum absolute atomic E-state index is 13.2. The van der Waals surface area contributed by atoms with Gasteiger partial charge in [0.05, 0.1) is 13.2 Å². The molecule has 2 aromatic rings. The van der Waals surface area contributed by atoms with Crippen molar-refractivity contribution in [3.05, 3.63) is 65.7 Å². The average molecular weight is 487 g/mol. The maximum atomic E-state index is 13.2. The lowest BCUT2D eigenvalue weighted by Gasteiger charge is -2.41. The summed E-state index contributed by atoms with van der Waals surface area (Å²) in [4.78, 5) is 22.6. The topological polar surface area (TPSA) is 39.3 Å². The summed E-state index contributed by atoms with van der Waals surface area (Å²) < 4.78 is 5.49. The first-order valence-corrected chi connectivity index (χ1v) is 12.3. The largest absolute Gasteiger partial charge is 0.496 e. The minimum absolute atomic E-state index is 0. The van der Waals surface area contributed by atoms with Crippen molar-refractivity contribution < 1.29 is 9.53 Å². The predicted molar refractivity (Wildman–Crippen MR) is 140 cm³/mol. The first-order valence-electron chi connectivity index (χ1n) is 12.3. The molecule has 0 saturated carbocycles. The molecule has 0 aliphatic carbocycles. The number of rotatable bonds is 8. The van der Waals surface area contributed by atoms with Crippen LogP contribution in [0.3, 0.4) is 0 Å². The molecule has 0 aromatic heterocycles. The Morgan fingerprint density at radius 3 is 2.15 bits per heavy atom. The van der Waals surface area contributed by atoms with Crippen molar-refractivity contribution in [3.63, 3.8) is 0 Å². The van der Waals surface area contributed by atoms with Crippen LogP contribution in [0, 0.1) is 0 Å². The molecule has 4 rings (SSSR count). The molecule has 2 aliphatic heterocycles. The van der Waals surface area contributed by atoms with Crippen molar-refractivity contribution in [2.24, 2.45) is 0 Å². The van der Waals surface area contributed by atoms with Crippen LogP contribution in [0.15, 0.2) is 54.6 Å². The number of piperazine rings is 2. The lowest BCUT2D eigenvalue weighted by molar-refractivity contribution is -0.139. The molecule has 1 amide bonds. The molecule has 2 heterocycles. The number of benzene rings is 2. The Kier molecular flexibility index (Phi) is 10.2. The van der Waals surface area contributed by atoms with Crippen LogP contribution < -0.4 is 4.74 Å². The number of carbonyl (C=O) groups is 1. The number of para-hydroxylation sites is 1. The number of ether oxygens (including phenoxy) is 1. The van der Waals surface area contributed by atoms with Gasteiger partial charge in [0.25, 0.3) is 0 Å². The standard InChI is InChI=1S/C27H38N4O2.ClH/c1-23(30-18-14-28(15-19-30)13-12-24-8-4-3-5-9-24)27(32)31-20-16-29(17-21-31)22-25-10-6-7-11-26(25)33-2;/h3-11,23H,12-22H2,1-2H3;1H. The summed E-state index contributed by atoms with van der Waals surface area (Å²) in [6.45, 7) is 11.5. The number of carbonyl (C=O) groups excluding carboxylic acids is 1. The molecule has 186 valence electrons. The number of amides is 1. The van der Waals surface area contributed by atoms with E-state index < -0.39 is 0 Å². The van der Waals surface area contributed by atoms with E-state index in [2.05, 4.69) is 69.0 Å². The molecule has 0 bridgehead atoms. The van der Waals surface area contributed by atoms with Gasteiger partial charge in [-0.1, -0.05) is 48.5 Å². The monoisotopic (exact) mass is 486 g/mol. The third-order valence-electron chi connectivity index (χ3n) is 7.14. The second kappa shape index (κ2) is 13.1. The van der Waals surface area contributed by atoms with Gasteiger partial charge in [-0.15, -0.1) is 12.4 Å². The molecule has 0 radical (unpaired) electrons. The smallest absolute Gasteiger partial charge is 0.239 e. The zero-order chi connectivity index (χ0) is 23.0. The zero-order valence-corrected chi connectivity index (χ0v) is 21.4. The van der Waals surface area contributed by atoms with Crippen molar-refractivity contribution in [3.8, 4) is 5.75 Å². The molecular weight excluding hydrogens is 448 g/mol. The van der Waals surface area contributed by atoms with Crippen LogP contribution in [0.5, 0.6) is 5.75 Å². The molecule has 2 aliphatic rings. The SMILES string of the molecule is COc1ccccc1CN1CCN(C(=O)C(C)N2CCN(CCc3ccccc3)CC2)CC1.Cl. The van der Waals surface area contributed by atoms with Crippen molar-refractivity contribution in [1.29, 1.82) is 0 Å². The third kappa shape index (κ3) is 6.95. The average Bonchev–Trinajstić information content (AvgIpc) is 2.88. The van der Waals surface area contributed by atoms with Crippen molar-refractivity contribution >= 4 is 18.3 Å². The van der Waals surface area contributed by atoms with Crippen LogP contribution in [0.2, 0.25) is 0 Å². The fourth-order valence-corrected chi connectivity index (χ4v) is 4.93. The van der Waals surface area contributed by atoms with Gasteiger partial charge in [-0.05, 0) is 25.0 Å². The number of nitrogens with zero attached hydrogens (tertiary/aromatic N) is 4. The van der Waals surface area contributed by atoms with E-state index in [0.29, 0.717) is 0 Å². The molecule has 1 atom stereocenters. The Hall–Kier alpha value is -2.12. The number of hydrogen-bond acceptors (Lipinski definition) is 5. The highest BCUT2D eigenvalue weighted by atomic mass is 35.5. The summed E-state index contributed by atoms with van der Waals surface area (Å²) in [6.07, 6.45) is 1.09.